The van der Waals surface area contributed by atoms with Crippen molar-refractivity contribution in [2.45, 2.75) is 103 Å². The van der Waals surface area contributed by atoms with Gasteiger partial charge in [0.1, 0.15) is 0 Å². The van der Waals surface area contributed by atoms with Gasteiger partial charge in [0.2, 0.25) is 0 Å². The van der Waals surface area contributed by atoms with Gasteiger partial charge in [0.25, 0.3) is 0 Å². The molecular formula is C22H33Br. The van der Waals surface area contributed by atoms with Gasteiger partial charge in [-0.3, -0.25) is 0 Å². The maximum atomic E-state index is 3.98. The maximum absolute atomic E-state index is 3.98. The van der Waals surface area contributed by atoms with Crippen molar-refractivity contribution >= 4 is 15.9 Å². The Bertz CT molecular complexity index is 659. The molecule has 0 nitrogen and oxygen atoms in total. The van der Waals surface area contributed by atoms with Crippen LogP contribution in [0.15, 0.2) is 10.5 Å². The molecule has 0 radical (unpaired) electrons. The molecule has 0 fully saturated rings. The summed E-state index contributed by atoms with van der Waals surface area (Å²) >= 11 is 3.98. The largest absolute Gasteiger partial charge is 0.0558 e. The highest BCUT2D eigenvalue weighted by Crippen LogP contribution is 2.57. The summed E-state index contributed by atoms with van der Waals surface area (Å²) in [6.07, 6.45) is 5.13. The molecule has 0 spiro atoms. The average Bonchev–Trinajstić information content (AvgIpc) is 2.39. The third-order valence-corrected chi connectivity index (χ3v) is 7.41. The van der Waals surface area contributed by atoms with Gasteiger partial charge in [0.15, 0.2) is 0 Å². The predicted molar refractivity (Wildman–Crippen MR) is 105 cm³/mol. The highest BCUT2D eigenvalue weighted by atomic mass is 79.9. The summed E-state index contributed by atoms with van der Waals surface area (Å²) in [5, 5.41) is 0. The summed E-state index contributed by atoms with van der Waals surface area (Å²) in [5.74, 6) is 0. The van der Waals surface area contributed by atoms with Crippen LogP contribution < -0.4 is 0 Å². The Hall–Kier alpha value is -0.300. The van der Waals surface area contributed by atoms with Crippen LogP contribution in [-0.2, 0) is 21.7 Å². The van der Waals surface area contributed by atoms with Crippen molar-refractivity contribution in [3.05, 3.63) is 32.8 Å². The second-order valence-corrected chi connectivity index (χ2v) is 11.4. The second kappa shape index (κ2) is 4.87. The van der Waals surface area contributed by atoms with E-state index in [1.54, 1.807) is 22.3 Å². The average molecular weight is 377 g/mol. The van der Waals surface area contributed by atoms with E-state index in [1.165, 1.54) is 30.2 Å². The van der Waals surface area contributed by atoms with Gasteiger partial charge in [-0.05, 0) is 75.7 Å². The van der Waals surface area contributed by atoms with Crippen molar-refractivity contribution in [2.75, 3.05) is 0 Å². The lowest BCUT2D eigenvalue weighted by Gasteiger charge is -2.50. The molecule has 2 aliphatic carbocycles. The number of hydrogen-bond donors (Lipinski definition) is 0. The van der Waals surface area contributed by atoms with Gasteiger partial charge in [-0.2, -0.15) is 0 Å². The molecule has 128 valence electrons. The van der Waals surface area contributed by atoms with Gasteiger partial charge in [-0.1, -0.05) is 71.3 Å². The fourth-order valence-electron chi connectivity index (χ4n) is 4.98. The van der Waals surface area contributed by atoms with Crippen LogP contribution in [0.2, 0.25) is 0 Å². The van der Waals surface area contributed by atoms with Crippen molar-refractivity contribution in [1.29, 1.82) is 0 Å². The molecule has 1 aromatic rings. The van der Waals surface area contributed by atoms with Gasteiger partial charge in [-0.25, -0.2) is 0 Å². The standard InChI is InChI=1S/C22H33Br/c1-19(2)9-10-20(3,4)16-14(19)13-15(23)17-18(16)22(7,8)12-11-21(17,5)6/h13H,9-12H2,1-8H3. The summed E-state index contributed by atoms with van der Waals surface area (Å²) in [6.45, 7) is 19.6. The highest BCUT2D eigenvalue weighted by Gasteiger charge is 2.47. The SMILES string of the molecule is CC1(C)CCC(C)(C)c2c1cc(Br)c1c2C(C)(C)CCC1(C)C. The first-order valence-corrected chi connectivity index (χ1v) is 9.97. The Balaban J connectivity index is 2.48. The van der Waals surface area contributed by atoms with E-state index in [0.29, 0.717) is 0 Å². The molecular weight excluding hydrogens is 344 g/mol. The van der Waals surface area contributed by atoms with Crippen LogP contribution in [0.3, 0.4) is 0 Å². The number of benzene rings is 1. The molecule has 0 aliphatic heterocycles. The van der Waals surface area contributed by atoms with Crippen LogP contribution in [0.5, 0.6) is 0 Å². The van der Waals surface area contributed by atoms with Crippen LogP contribution in [0.1, 0.15) is 103 Å². The summed E-state index contributed by atoms with van der Waals surface area (Å²) in [7, 11) is 0. The van der Waals surface area contributed by atoms with Crippen LogP contribution >= 0.6 is 15.9 Å². The third kappa shape index (κ3) is 2.53. The molecule has 0 saturated heterocycles. The van der Waals surface area contributed by atoms with Gasteiger partial charge in [0, 0.05) is 4.47 Å². The first-order chi connectivity index (χ1) is 10.3. The van der Waals surface area contributed by atoms with Crippen LogP contribution in [-0.4, -0.2) is 0 Å². The fourth-order valence-corrected chi connectivity index (χ4v) is 5.95. The minimum atomic E-state index is 0.260. The Morgan fingerprint density at radius 2 is 1.00 bits per heavy atom. The molecule has 0 bridgehead atoms. The predicted octanol–water partition coefficient (Wildman–Crippen LogP) is 7.15. The lowest BCUT2D eigenvalue weighted by Crippen LogP contribution is -2.42. The van der Waals surface area contributed by atoms with Gasteiger partial charge < -0.3 is 0 Å². The number of hydrogen-bond acceptors (Lipinski definition) is 0. The number of halogens is 1. The minimum Gasteiger partial charge on any atom is -0.0558 e. The smallest absolute Gasteiger partial charge is 0.0218 e. The van der Waals surface area contributed by atoms with E-state index >= 15 is 0 Å². The Labute approximate surface area is 151 Å². The lowest BCUT2D eigenvalue weighted by molar-refractivity contribution is 0.294. The van der Waals surface area contributed by atoms with Crippen LogP contribution in [0.25, 0.3) is 0 Å². The van der Waals surface area contributed by atoms with Crippen molar-refractivity contribution in [1.82, 2.24) is 0 Å². The van der Waals surface area contributed by atoms with Gasteiger partial charge in [0.05, 0.1) is 0 Å². The van der Waals surface area contributed by atoms with Crippen molar-refractivity contribution in [3.63, 3.8) is 0 Å². The molecule has 0 amide bonds. The minimum absolute atomic E-state index is 0.260. The van der Waals surface area contributed by atoms with Crippen LogP contribution in [0.4, 0.5) is 0 Å². The van der Waals surface area contributed by atoms with Gasteiger partial charge in [-0.15, -0.1) is 0 Å². The molecule has 0 saturated carbocycles. The van der Waals surface area contributed by atoms with E-state index in [-0.39, 0.29) is 21.7 Å². The molecule has 0 aromatic heterocycles. The number of rotatable bonds is 0. The van der Waals surface area contributed by atoms with E-state index in [9.17, 15) is 0 Å². The maximum Gasteiger partial charge on any atom is 0.0218 e. The molecule has 23 heavy (non-hydrogen) atoms. The third-order valence-electron chi connectivity index (χ3n) is 6.79. The van der Waals surface area contributed by atoms with E-state index in [0.717, 1.165) is 0 Å². The topological polar surface area (TPSA) is 0 Å². The van der Waals surface area contributed by atoms with Crippen molar-refractivity contribution in [3.8, 4) is 0 Å². The Kier molecular flexibility index (Phi) is 3.71. The van der Waals surface area contributed by atoms with E-state index in [2.05, 4.69) is 77.4 Å². The Morgan fingerprint density at radius 3 is 1.52 bits per heavy atom. The first kappa shape index (κ1) is 17.5. The van der Waals surface area contributed by atoms with Crippen molar-refractivity contribution in [2.24, 2.45) is 0 Å². The zero-order chi connectivity index (χ0) is 17.4. The summed E-state index contributed by atoms with van der Waals surface area (Å²) in [6, 6.07) is 2.47. The quantitative estimate of drug-likeness (QED) is 0.450. The molecule has 0 N–H and O–H groups in total. The highest BCUT2D eigenvalue weighted by molar-refractivity contribution is 9.10. The summed E-state index contributed by atoms with van der Waals surface area (Å²) < 4.78 is 1.34. The van der Waals surface area contributed by atoms with Crippen molar-refractivity contribution < 1.29 is 0 Å². The fraction of sp³-hybridized carbons (Fsp3) is 0.727. The first-order valence-electron chi connectivity index (χ1n) is 9.18. The number of fused-ring (bicyclic) bond motifs is 3. The molecule has 0 unspecified atom stereocenters. The van der Waals surface area contributed by atoms with E-state index < -0.39 is 0 Å². The normalized spacial score (nSPS) is 26.3. The lowest BCUT2D eigenvalue weighted by atomic mass is 9.54. The van der Waals surface area contributed by atoms with E-state index in [1.807, 2.05) is 0 Å². The zero-order valence-electron chi connectivity index (χ0n) is 16.3. The Morgan fingerprint density at radius 1 is 0.609 bits per heavy atom. The summed E-state index contributed by atoms with van der Waals surface area (Å²) in [5.41, 5.74) is 7.59. The molecule has 0 atom stereocenters. The molecule has 2 aliphatic rings. The monoisotopic (exact) mass is 376 g/mol. The zero-order valence-corrected chi connectivity index (χ0v) is 17.9. The van der Waals surface area contributed by atoms with E-state index in [4.69, 9.17) is 0 Å². The molecule has 0 heterocycles. The molecule has 3 rings (SSSR count). The molecule has 1 aromatic carbocycles. The van der Waals surface area contributed by atoms with Crippen LogP contribution in [0, 0.1) is 0 Å². The second-order valence-electron chi connectivity index (χ2n) is 10.6. The van der Waals surface area contributed by atoms with Gasteiger partial charge >= 0.3 is 0 Å². The molecule has 1 heteroatoms. The summed E-state index contributed by atoms with van der Waals surface area (Å²) in [4.78, 5) is 0.